The zero-order valence-corrected chi connectivity index (χ0v) is 14.9. The molecule has 0 atom stereocenters. The highest BCUT2D eigenvalue weighted by Crippen LogP contribution is 2.58. The fourth-order valence-electron chi connectivity index (χ4n) is 3.16. The first-order valence-corrected chi connectivity index (χ1v) is 10.0. The third kappa shape index (κ3) is 3.30. The lowest BCUT2D eigenvalue weighted by atomic mass is 10.1. The van der Waals surface area contributed by atoms with E-state index in [4.69, 9.17) is 0 Å². The molecule has 1 heterocycles. The second-order valence-electron chi connectivity index (χ2n) is 6.60. The van der Waals surface area contributed by atoms with Gasteiger partial charge in [0.2, 0.25) is 0 Å². The Labute approximate surface area is 152 Å². The summed E-state index contributed by atoms with van der Waals surface area (Å²) >= 11 is 0. The maximum absolute atomic E-state index is 14.4. The second-order valence-corrected chi connectivity index (χ2v) is 8.46. The second kappa shape index (κ2) is 6.79. The van der Waals surface area contributed by atoms with Gasteiger partial charge in [-0.15, -0.1) is 0 Å². The predicted octanol–water partition coefficient (Wildman–Crippen LogP) is 4.25. The largest absolute Gasteiger partial charge is 0.313 e. The molecule has 3 N–H and O–H groups in total. The van der Waals surface area contributed by atoms with Crippen LogP contribution >= 0.6 is 11.0 Å². The van der Waals surface area contributed by atoms with Crippen LogP contribution < -0.4 is 9.62 Å². The Morgan fingerprint density at radius 1 is 1.08 bits per heavy atom. The Kier molecular flexibility index (Phi) is 4.62. The molecule has 140 valence electrons. The Balaban J connectivity index is 1.72. The highest BCUT2D eigenvalue weighted by Gasteiger charge is 2.39. The fourth-order valence-corrected chi connectivity index (χ4v) is 4.90. The first-order chi connectivity index (χ1) is 12.5. The molecular weight excluding hydrogens is 360 g/mol. The van der Waals surface area contributed by atoms with Crippen molar-refractivity contribution in [3.8, 4) is 0 Å². The highest BCUT2D eigenvalue weighted by molar-refractivity contribution is 8.23. The molecule has 0 bridgehead atoms. The van der Waals surface area contributed by atoms with E-state index in [1.807, 2.05) is 0 Å². The Morgan fingerprint density at radius 2 is 1.85 bits per heavy atom. The van der Waals surface area contributed by atoms with Crippen LogP contribution in [0.3, 0.4) is 0 Å². The number of halogens is 2. The van der Waals surface area contributed by atoms with Crippen molar-refractivity contribution < 1.29 is 17.9 Å². The van der Waals surface area contributed by atoms with Crippen LogP contribution in [-0.4, -0.2) is 32.5 Å². The summed E-state index contributed by atoms with van der Waals surface area (Å²) in [6.45, 7) is 1.13. The number of hydrogen-bond donors (Lipinski definition) is 3. The molecule has 2 aromatic rings. The molecule has 0 radical (unpaired) electrons. The van der Waals surface area contributed by atoms with E-state index < -0.39 is 22.6 Å². The standard InChI is InChI=1S/C18H21F2N3O2S/c19-14-5-8-17-13(11-14)12-22(10-9-21-15-6-7-15)26(24,25)23(17)18-4-2-1-3-16(18)20/h1-5,8,11,15,21,24-25H,6-7,9-10,12H2. The van der Waals surface area contributed by atoms with E-state index >= 15 is 0 Å². The number of benzene rings is 2. The molecule has 0 aromatic heterocycles. The van der Waals surface area contributed by atoms with Gasteiger partial charge in [-0.05, 0) is 59.7 Å². The Hall–Kier alpha value is -1.71. The van der Waals surface area contributed by atoms with Gasteiger partial charge in [0, 0.05) is 25.7 Å². The normalized spacial score (nSPS) is 20.7. The molecule has 0 unspecified atom stereocenters. The Morgan fingerprint density at radius 3 is 2.58 bits per heavy atom. The Bertz CT molecular complexity index is 817. The van der Waals surface area contributed by atoms with E-state index in [2.05, 4.69) is 5.32 Å². The van der Waals surface area contributed by atoms with Gasteiger partial charge in [0.25, 0.3) is 0 Å². The van der Waals surface area contributed by atoms with Gasteiger partial charge < -0.3 is 5.32 Å². The molecule has 1 saturated carbocycles. The molecule has 1 fully saturated rings. The minimum absolute atomic E-state index is 0.0558. The maximum Gasteiger partial charge on any atom is 0.148 e. The lowest BCUT2D eigenvalue weighted by Gasteiger charge is -2.53. The lowest BCUT2D eigenvalue weighted by molar-refractivity contribution is 0.332. The first-order valence-electron chi connectivity index (χ1n) is 8.57. The van der Waals surface area contributed by atoms with Crippen LogP contribution in [-0.2, 0) is 6.54 Å². The van der Waals surface area contributed by atoms with Gasteiger partial charge in [-0.1, -0.05) is 12.1 Å². The fraction of sp³-hybridized carbons (Fsp3) is 0.333. The van der Waals surface area contributed by atoms with Crippen LogP contribution in [0.1, 0.15) is 18.4 Å². The van der Waals surface area contributed by atoms with Crippen molar-refractivity contribution >= 4 is 22.3 Å². The van der Waals surface area contributed by atoms with Gasteiger partial charge in [-0.3, -0.25) is 9.11 Å². The number of nitrogens with one attached hydrogen (secondary N) is 1. The summed E-state index contributed by atoms with van der Waals surface area (Å²) in [5.74, 6) is -0.979. The molecule has 1 aliphatic carbocycles. The van der Waals surface area contributed by atoms with E-state index in [1.54, 1.807) is 6.07 Å². The molecule has 0 saturated heterocycles. The molecule has 4 rings (SSSR count). The molecule has 5 nitrogen and oxygen atoms in total. The summed E-state index contributed by atoms with van der Waals surface area (Å²) in [7, 11) is -3.48. The van der Waals surface area contributed by atoms with Crippen LogP contribution in [0.5, 0.6) is 0 Å². The number of rotatable bonds is 5. The van der Waals surface area contributed by atoms with E-state index in [1.165, 1.54) is 45.0 Å². The van der Waals surface area contributed by atoms with Gasteiger partial charge >= 0.3 is 0 Å². The van der Waals surface area contributed by atoms with E-state index in [-0.39, 0.29) is 12.2 Å². The van der Waals surface area contributed by atoms with E-state index in [0.717, 1.165) is 12.8 Å². The van der Waals surface area contributed by atoms with Crippen molar-refractivity contribution in [2.24, 2.45) is 0 Å². The van der Waals surface area contributed by atoms with Crippen molar-refractivity contribution in [3.63, 3.8) is 0 Å². The summed E-state index contributed by atoms with van der Waals surface area (Å²) in [5.41, 5.74) is 1.05. The minimum atomic E-state index is -3.48. The third-order valence-corrected chi connectivity index (χ3v) is 6.53. The van der Waals surface area contributed by atoms with Crippen molar-refractivity contribution in [1.82, 2.24) is 9.62 Å². The lowest BCUT2D eigenvalue weighted by Crippen LogP contribution is -2.44. The van der Waals surface area contributed by atoms with Gasteiger partial charge in [0.1, 0.15) is 11.6 Å². The number of anilines is 2. The summed E-state index contributed by atoms with van der Waals surface area (Å²) in [6, 6.07) is 10.5. The van der Waals surface area contributed by atoms with E-state index in [9.17, 15) is 17.9 Å². The highest BCUT2D eigenvalue weighted by atomic mass is 32.3. The van der Waals surface area contributed by atoms with Crippen molar-refractivity contribution in [1.29, 1.82) is 0 Å². The monoisotopic (exact) mass is 381 g/mol. The molecule has 0 amide bonds. The quantitative estimate of drug-likeness (QED) is 0.723. The van der Waals surface area contributed by atoms with Gasteiger partial charge in [0.15, 0.2) is 0 Å². The predicted molar refractivity (Wildman–Crippen MR) is 99.2 cm³/mol. The van der Waals surface area contributed by atoms with E-state index in [0.29, 0.717) is 30.4 Å². The van der Waals surface area contributed by atoms with Crippen molar-refractivity contribution in [3.05, 3.63) is 59.7 Å². The zero-order valence-electron chi connectivity index (χ0n) is 14.1. The summed E-state index contributed by atoms with van der Waals surface area (Å²) < 4.78 is 52.8. The topological polar surface area (TPSA) is 59.0 Å². The molecule has 0 spiro atoms. The van der Waals surface area contributed by atoms with Gasteiger partial charge in [-0.25, -0.2) is 13.1 Å². The first kappa shape index (κ1) is 17.7. The van der Waals surface area contributed by atoms with Crippen molar-refractivity contribution in [2.75, 3.05) is 17.4 Å². The number of fused-ring (bicyclic) bond motifs is 1. The molecule has 2 aromatic carbocycles. The SMILES string of the molecule is OS1(O)N(CCNC2CC2)Cc2cc(F)ccc2N1c1ccccc1F. The van der Waals surface area contributed by atoms with Crippen LogP contribution in [0.4, 0.5) is 20.2 Å². The average Bonchev–Trinajstić information content (AvgIpc) is 3.41. The molecule has 8 heteroatoms. The van der Waals surface area contributed by atoms with Crippen LogP contribution in [0.2, 0.25) is 0 Å². The van der Waals surface area contributed by atoms with Gasteiger partial charge in [0.05, 0.1) is 11.4 Å². The average molecular weight is 381 g/mol. The summed E-state index contributed by atoms with van der Waals surface area (Å²) in [5, 5.41) is 3.33. The molecule has 2 aliphatic rings. The smallest absolute Gasteiger partial charge is 0.148 e. The van der Waals surface area contributed by atoms with Crippen LogP contribution in [0.25, 0.3) is 0 Å². The zero-order chi connectivity index (χ0) is 18.3. The van der Waals surface area contributed by atoms with Crippen LogP contribution in [0.15, 0.2) is 42.5 Å². The maximum atomic E-state index is 14.4. The summed E-state index contributed by atoms with van der Waals surface area (Å²) in [4.78, 5) is 0. The number of nitrogens with zero attached hydrogens (tertiary/aromatic N) is 2. The van der Waals surface area contributed by atoms with Crippen molar-refractivity contribution in [2.45, 2.75) is 25.4 Å². The molecule has 26 heavy (non-hydrogen) atoms. The molecule has 1 aliphatic heterocycles. The minimum Gasteiger partial charge on any atom is -0.313 e. The summed E-state index contributed by atoms with van der Waals surface area (Å²) in [6.07, 6.45) is 2.26. The molecular formula is C18H21F2N3O2S. The van der Waals surface area contributed by atoms with Gasteiger partial charge in [-0.2, -0.15) is 4.31 Å². The number of para-hydroxylation sites is 1. The number of hydrogen-bond acceptors (Lipinski definition) is 5. The van der Waals surface area contributed by atoms with Crippen LogP contribution in [0, 0.1) is 11.6 Å². The third-order valence-electron chi connectivity index (χ3n) is 4.64.